The van der Waals surface area contributed by atoms with Crippen LogP contribution in [0.15, 0.2) is 48.5 Å². The van der Waals surface area contributed by atoms with E-state index in [9.17, 15) is 9.59 Å². The van der Waals surface area contributed by atoms with Crippen LogP contribution in [0, 0.1) is 10.8 Å². The van der Waals surface area contributed by atoms with Crippen molar-refractivity contribution in [3.63, 3.8) is 0 Å². The highest BCUT2D eigenvalue weighted by Gasteiger charge is 2.42. The third kappa shape index (κ3) is 5.55. The van der Waals surface area contributed by atoms with Gasteiger partial charge in [-0.25, -0.2) is 0 Å². The molecule has 4 nitrogen and oxygen atoms in total. The van der Waals surface area contributed by atoms with Crippen LogP contribution in [0.1, 0.15) is 60.7 Å². The minimum absolute atomic E-state index is 0.000243. The Balaban J connectivity index is 1.69. The molecule has 160 valence electrons. The summed E-state index contributed by atoms with van der Waals surface area (Å²) < 4.78 is 0. The van der Waals surface area contributed by atoms with Crippen LogP contribution in [0.5, 0.6) is 0 Å². The van der Waals surface area contributed by atoms with E-state index in [-0.39, 0.29) is 28.7 Å². The minimum Gasteiger partial charge on any atom is -0.351 e. The zero-order chi connectivity index (χ0) is 21.9. The summed E-state index contributed by atoms with van der Waals surface area (Å²) in [7, 11) is 0. The van der Waals surface area contributed by atoms with Gasteiger partial charge in [0.1, 0.15) is 0 Å². The van der Waals surface area contributed by atoms with Gasteiger partial charge in [-0.1, -0.05) is 68.2 Å². The van der Waals surface area contributed by atoms with Gasteiger partial charge in [-0.3, -0.25) is 9.59 Å². The summed E-state index contributed by atoms with van der Waals surface area (Å²) >= 11 is 12.3. The van der Waals surface area contributed by atoms with Gasteiger partial charge in [-0.2, -0.15) is 0 Å². The zero-order valence-electron chi connectivity index (χ0n) is 17.6. The molecule has 0 saturated heterocycles. The van der Waals surface area contributed by atoms with Crippen LogP contribution in [0.2, 0.25) is 10.0 Å². The van der Waals surface area contributed by atoms with Crippen molar-refractivity contribution in [2.75, 3.05) is 6.54 Å². The summed E-state index contributed by atoms with van der Waals surface area (Å²) in [5.74, 6) is -0.340. The van der Waals surface area contributed by atoms with Crippen LogP contribution < -0.4 is 10.6 Å². The average molecular weight is 447 g/mol. The molecule has 2 amide bonds. The fourth-order valence-electron chi connectivity index (χ4n) is 4.81. The van der Waals surface area contributed by atoms with Crippen LogP contribution in [0.25, 0.3) is 0 Å². The molecular formula is C24H28Cl2N2O2. The van der Waals surface area contributed by atoms with E-state index in [4.69, 9.17) is 23.2 Å². The predicted molar refractivity (Wildman–Crippen MR) is 122 cm³/mol. The first kappa shape index (κ1) is 22.6. The van der Waals surface area contributed by atoms with Crippen LogP contribution >= 0.6 is 23.2 Å². The molecule has 30 heavy (non-hydrogen) atoms. The van der Waals surface area contributed by atoms with E-state index in [2.05, 4.69) is 31.4 Å². The van der Waals surface area contributed by atoms with Crippen molar-refractivity contribution < 1.29 is 9.59 Å². The molecule has 2 aromatic carbocycles. The van der Waals surface area contributed by atoms with Crippen molar-refractivity contribution in [1.82, 2.24) is 10.6 Å². The Morgan fingerprint density at radius 1 is 0.900 bits per heavy atom. The van der Waals surface area contributed by atoms with Gasteiger partial charge in [0.15, 0.2) is 0 Å². The second-order valence-corrected chi connectivity index (χ2v) is 10.2. The van der Waals surface area contributed by atoms with Gasteiger partial charge in [-0.15, -0.1) is 0 Å². The molecule has 0 heterocycles. The van der Waals surface area contributed by atoms with Crippen molar-refractivity contribution in [2.24, 2.45) is 10.8 Å². The fourth-order valence-corrected chi connectivity index (χ4v) is 5.26. The van der Waals surface area contributed by atoms with E-state index in [1.165, 1.54) is 0 Å². The summed E-state index contributed by atoms with van der Waals surface area (Å²) in [6.07, 6.45) is 2.59. The van der Waals surface area contributed by atoms with Crippen molar-refractivity contribution >= 4 is 35.0 Å². The number of halogens is 2. The maximum Gasteiger partial charge on any atom is 0.253 e. The number of hydrogen-bond acceptors (Lipinski definition) is 2. The van der Waals surface area contributed by atoms with E-state index in [0.29, 0.717) is 27.7 Å². The van der Waals surface area contributed by atoms with E-state index in [1.54, 1.807) is 42.5 Å². The second-order valence-electron chi connectivity index (χ2n) is 9.37. The summed E-state index contributed by atoms with van der Waals surface area (Å²) in [5, 5.41) is 7.09. The van der Waals surface area contributed by atoms with Crippen molar-refractivity contribution in [2.45, 2.75) is 46.1 Å². The smallest absolute Gasteiger partial charge is 0.253 e. The van der Waals surface area contributed by atoms with E-state index < -0.39 is 0 Å². The molecule has 1 aliphatic carbocycles. The third-order valence-corrected chi connectivity index (χ3v) is 6.35. The largest absolute Gasteiger partial charge is 0.351 e. The monoisotopic (exact) mass is 446 g/mol. The third-order valence-electron chi connectivity index (χ3n) is 5.69. The lowest BCUT2D eigenvalue weighted by Crippen LogP contribution is -2.50. The van der Waals surface area contributed by atoms with Crippen LogP contribution in [-0.4, -0.2) is 24.4 Å². The molecule has 6 heteroatoms. The number of carbonyl (C=O) groups is 2. The van der Waals surface area contributed by atoms with Gasteiger partial charge >= 0.3 is 0 Å². The Hall–Kier alpha value is -2.04. The summed E-state index contributed by atoms with van der Waals surface area (Å²) in [4.78, 5) is 25.4. The minimum atomic E-state index is -0.179. The maximum absolute atomic E-state index is 12.8. The zero-order valence-corrected chi connectivity index (χ0v) is 19.1. The van der Waals surface area contributed by atoms with E-state index in [1.807, 2.05) is 6.07 Å². The number of nitrogens with one attached hydrogen (secondary N) is 2. The number of hydrogen-bond donors (Lipinski definition) is 2. The van der Waals surface area contributed by atoms with Crippen molar-refractivity contribution in [3.05, 3.63) is 69.7 Å². The first-order valence-corrected chi connectivity index (χ1v) is 10.9. The molecule has 1 saturated carbocycles. The van der Waals surface area contributed by atoms with E-state index >= 15 is 0 Å². The topological polar surface area (TPSA) is 58.2 Å². The van der Waals surface area contributed by atoms with Crippen LogP contribution in [-0.2, 0) is 0 Å². The summed E-state index contributed by atoms with van der Waals surface area (Å²) in [6.45, 7) is 7.08. The lowest BCUT2D eigenvalue weighted by atomic mass is 9.62. The Bertz CT molecular complexity index is 944. The number of carbonyl (C=O) groups excluding carboxylic acids is 2. The van der Waals surface area contributed by atoms with Crippen molar-refractivity contribution in [3.8, 4) is 0 Å². The molecule has 2 atom stereocenters. The van der Waals surface area contributed by atoms with E-state index in [0.717, 1.165) is 19.3 Å². The normalized spacial score (nSPS) is 22.9. The molecule has 1 aliphatic rings. The van der Waals surface area contributed by atoms with Gasteiger partial charge < -0.3 is 10.6 Å². The molecule has 1 fully saturated rings. The number of benzene rings is 2. The maximum atomic E-state index is 12.8. The SMILES string of the molecule is CC1(C)C[C@@H](NC(=O)c2ccccc2Cl)C[C@@](C)(CNC(=O)c2ccccc2Cl)C1. The summed E-state index contributed by atoms with van der Waals surface area (Å²) in [6, 6.07) is 14.1. The molecule has 2 aromatic rings. The molecule has 0 unspecified atom stereocenters. The van der Waals surface area contributed by atoms with Gasteiger partial charge in [0.2, 0.25) is 0 Å². The lowest BCUT2D eigenvalue weighted by Gasteiger charge is -2.47. The first-order valence-electron chi connectivity index (χ1n) is 10.2. The highest BCUT2D eigenvalue weighted by molar-refractivity contribution is 6.34. The Labute approximate surface area is 188 Å². The predicted octanol–water partition coefficient (Wildman–Crippen LogP) is 5.74. The molecule has 2 N–H and O–H groups in total. The fraction of sp³-hybridized carbons (Fsp3) is 0.417. The average Bonchev–Trinajstić information content (AvgIpc) is 2.65. The Kier molecular flexibility index (Phi) is 6.78. The quantitative estimate of drug-likeness (QED) is 0.614. The molecule has 0 aliphatic heterocycles. The van der Waals surface area contributed by atoms with Crippen molar-refractivity contribution in [1.29, 1.82) is 0 Å². The van der Waals surface area contributed by atoms with Crippen LogP contribution in [0.3, 0.4) is 0 Å². The van der Waals surface area contributed by atoms with Crippen LogP contribution in [0.4, 0.5) is 0 Å². The first-order chi connectivity index (χ1) is 14.1. The lowest BCUT2D eigenvalue weighted by molar-refractivity contribution is 0.0592. The highest BCUT2D eigenvalue weighted by atomic mass is 35.5. The Morgan fingerprint density at radius 2 is 1.43 bits per heavy atom. The molecule has 3 rings (SSSR count). The molecule has 0 aromatic heterocycles. The Morgan fingerprint density at radius 3 is 2.00 bits per heavy atom. The molecule has 0 bridgehead atoms. The van der Waals surface area contributed by atoms with Gasteiger partial charge in [0, 0.05) is 12.6 Å². The number of rotatable bonds is 5. The number of amides is 2. The van der Waals surface area contributed by atoms with Gasteiger partial charge in [0.05, 0.1) is 21.2 Å². The molecular weight excluding hydrogens is 419 g/mol. The molecule has 0 spiro atoms. The highest BCUT2D eigenvalue weighted by Crippen LogP contribution is 2.46. The molecule has 0 radical (unpaired) electrons. The van der Waals surface area contributed by atoms with Gasteiger partial charge in [0.25, 0.3) is 11.8 Å². The summed E-state index contributed by atoms with van der Waals surface area (Å²) in [5.41, 5.74) is 0.829. The second kappa shape index (κ2) is 8.99. The standard InChI is InChI=1S/C24H28Cl2N2O2/c1-23(2)12-16(28-22(30)18-9-5-7-11-20(18)26)13-24(3,14-23)15-27-21(29)17-8-4-6-10-19(17)25/h4-11,16H,12-15H2,1-3H3,(H,27,29)(H,28,30)/t16-,24-/m1/s1. The van der Waals surface area contributed by atoms with Gasteiger partial charge in [-0.05, 0) is 54.4 Å².